The Morgan fingerprint density at radius 1 is 1.22 bits per heavy atom. The smallest absolute Gasteiger partial charge is 0.331 e. The molecule has 1 N–H and O–H groups in total. The van der Waals surface area contributed by atoms with Crippen molar-refractivity contribution in [2.24, 2.45) is 0 Å². The predicted octanol–water partition coefficient (Wildman–Crippen LogP) is 3.64. The number of aromatic nitrogens is 3. The summed E-state index contributed by atoms with van der Waals surface area (Å²) >= 11 is 3.09. The van der Waals surface area contributed by atoms with Crippen molar-refractivity contribution >= 4 is 38.1 Å². The third-order valence-electron chi connectivity index (χ3n) is 3.45. The summed E-state index contributed by atoms with van der Waals surface area (Å²) in [5, 5.41) is 0. The molecule has 0 amide bonds. The van der Waals surface area contributed by atoms with Gasteiger partial charge in [-0.25, -0.2) is 22.9 Å². The maximum absolute atomic E-state index is 14.4. The Kier molecular flexibility index (Phi) is 2.89. The fourth-order valence-electron chi connectivity index (χ4n) is 2.49. The van der Waals surface area contributed by atoms with Crippen molar-refractivity contribution in [2.75, 3.05) is 0 Å². The molecule has 9 heteroatoms. The second kappa shape index (κ2) is 4.72. The zero-order chi connectivity index (χ0) is 16.3. The largest absolute Gasteiger partial charge is 0.441 e. The topological polar surface area (TPSA) is 63.8 Å². The number of rotatable bonds is 1. The van der Waals surface area contributed by atoms with Gasteiger partial charge in [0.05, 0.1) is 5.69 Å². The first kappa shape index (κ1) is 14.1. The Bertz CT molecular complexity index is 1150. The number of nitrogens with one attached hydrogen (secondary N) is 1. The van der Waals surface area contributed by atoms with Crippen LogP contribution in [0.2, 0.25) is 0 Å². The highest BCUT2D eigenvalue weighted by molar-refractivity contribution is 9.10. The molecule has 2 aromatic heterocycles. The Balaban J connectivity index is 2.22. The lowest BCUT2D eigenvalue weighted by Crippen LogP contribution is -2.16. The van der Waals surface area contributed by atoms with Crippen molar-refractivity contribution in [2.45, 2.75) is 0 Å². The van der Waals surface area contributed by atoms with Crippen molar-refractivity contribution in [1.82, 2.24) is 14.5 Å². The highest BCUT2D eigenvalue weighted by Crippen LogP contribution is 2.30. The number of hydrogen-bond donors (Lipinski definition) is 1. The molecular formula is C14H5BrF3N3O2. The maximum atomic E-state index is 14.4. The summed E-state index contributed by atoms with van der Waals surface area (Å²) in [6.45, 7) is 0. The standard InChI is InChI=1S/C14H5BrF3N3O2/c15-5-1-2-7(6(16)3-5)21-12-9(18)8(17)10-13(23-4-19-10)11(12)20-14(21)22/h1-4H,(H,20,22). The van der Waals surface area contributed by atoms with Crippen LogP contribution in [0.3, 0.4) is 0 Å². The Labute approximate surface area is 133 Å². The molecule has 0 aliphatic heterocycles. The van der Waals surface area contributed by atoms with Crippen molar-refractivity contribution in [3.05, 3.63) is 57.0 Å². The molecule has 0 radical (unpaired) electrons. The van der Waals surface area contributed by atoms with Gasteiger partial charge >= 0.3 is 5.69 Å². The molecule has 0 bridgehead atoms. The highest BCUT2D eigenvalue weighted by Gasteiger charge is 2.24. The van der Waals surface area contributed by atoms with Crippen LogP contribution in [0.15, 0.2) is 38.3 Å². The zero-order valence-electron chi connectivity index (χ0n) is 11.0. The molecular weight excluding hydrogens is 379 g/mol. The number of H-pyrrole nitrogens is 1. The Morgan fingerprint density at radius 3 is 2.74 bits per heavy atom. The number of oxazole rings is 1. The molecule has 0 atom stereocenters. The molecule has 5 nitrogen and oxygen atoms in total. The van der Waals surface area contributed by atoms with Gasteiger partial charge in [-0.05, 0) is 18.2 Å². The van der Waals surface area contributed by atoms with Crippen LogP contribution in [0, 0.1) is 17.5 Å². The van der Waals surface area contributed by atoms with E-state index in [0.717, 1.165) is 17.0 Å². The molecule has 4 aromatic rings. The SMILES string of the molecule is O=c1[nH]c2c3ocnc3c(F)c(F)c2n1-c1ccc(Br)cc1F. The van der Waals surface area contributed by atoms with E-state index >= 15 is 0 Å². The van der Waals surface area contributed by atoms with Gasteiger partial charge in [0.25, 0.3) is 0 Å². The average Bonchev–Trinajstić information content (AvgIpc) is 3.10. The van der Waals surface area contributed by atoms with E-state index in [1.165, 1.54) is 12.1 Å². The Morgan fingerprint density at radius 2 is 2.00 bits per heavy atom. The summed E-state index contributed by atoms with van der Waals surface area (Å²) < 4.78 is 48.8. The first-order valence-electron chi connectivity index (χ1n) is 6.29. The van der Waals surface area contributed by atoms with Gasteiger partial charge in [0.15, 0.2) is 29.1 Å². The normalized spacial score (nSPS) is 11.7. The van der Waals surface area contributed by atoms with Crippen molar-refractivity contribution in [3.63, 3.8) is 0 Å². The minimum atomic E-state index is -1.32. The summed E-state index contributed by atoms with van der Waals surface area (Å²) in [7, 11) is 0. The summed E-state index contributed by atoms with van der Waals surface area (Å²) in [5.74, 6) is -3.37. The van der Waals surface area contributed by atoms with Crippen LogP contribution in [0.25, 0.3) is 27.8 Å². The maximum Gasteiger partial charge on any atom is 0.331 e. The monoisotopic (exact) mass is 383 g/mol. The Hall–Kier alpha value is -2.55. The number of hydrogen-bond acceptors (Lipinski definition) is 3. The van der Waals surface area contributed by atoms with Gasteiger partial charge in [-0.3, -0.25) is 4.57 Å². The number of halogens is 4. The fourth-order valence-corrected chi connectivity index (χ4v) is 2.82. The molecule has 0 saturated carbocycles. The van der Waals surface area contributed by atoms with E-state index in [9.17, 15) is 18.0 Å². The van der Waals surface area contributed by atoms with Gasteiger partial charge in [-0.1, -0.05) is 15.9 Å². The van der Waals surface area contributed by atoms with Crippen molar-refractivity contribution < 1.29 is 17.6 Å². The molecule has 23 heavy (non-hydrogen) atoms. The number of aromatic amines is 1. The molecule has 0 aliphatic rings. The second-order valence-corrected chi connectivity index (χ2v) is 5.66. The van der Waals surface area contributed by atoms with Crippen LogP contribution >= 0.6 is 15.9 Å². The molecule has 4 rings (SSSR count). The minimum Gasteiger partial charge on any atom is -0.441 e. The lowest BCUT2D eigenvalue weighted by Gasteiger charge is -2.06. The third kappa shape index (κ3) is 1.86. The third-order valence-corrected chi connectivity index (χ3v) is 3.94. The summed E-state index contributed by atoms with van der Waals surface area (Å²) in [6, 6.07) is 3.86. The van der Waals surface area contributed by atoms with Crippen LogP contribution in [0.4, 0.5) is 13.2 Å². The van der Waals surface area contributed by atoms with Gasteiger partial charge in [0, 0.05) is 4.47 Å². The van der Waals surface area contributed by atoms with E-state index in [4.69, 9.17) is 4.42 Å². The quantitative estimate of drug-likeness (QED) is 0.545. The van der Waals surface area contributed by atoms with Crippen molar-refractivity contribution in [1.29, 1.82) is 0 Å². The van der Waals surface area contributed by atoms with Gasteiger partial charge in [0.2, 0.25) is 0 Å². The van der Waals surface area contributed by atoms with Gasteiger partial charge < -0.3 is 9.40 Å². The first-order chi connectivity index (χ1) is 11.0. The van der Waals surface area contributed by atoms with E-state index in [1.54, 1.807) is 0 Å². The van der Waals surface area contributed by atoms with Crippen molar-refractivity contribution in [3.8, 4) is 5.69 Å². The van der Waals surface area contributed by atoms with Crippen LogP contribution in [0.1, 0.15) is 0 Å². The summed E-state index contributed by atoms with van der Waals surface area (Å²) in [6.07, 6.45) is 0.933. The van der Waals surface area contributed by atoms with Crippen LogP contribution < -0.4 is 5.69 Å². The van der Waals surface area contributed by atoms with E-state index in [-0.39, 0.29) is 22.3 Å². The molecule has 0 aliphatic carbocycles. The predicted molar refractivity (Wildman–Crippen MR) is 79.0 cm³/mol. The lowest BCUT2D eigenvalue weighted by atomic mass is 10.2. The second-order valence-electron chi connectivity index (χ2n) is 4.74. The van der Waals surface area contributed by atoms with Gasteiger partial charge in [-0.15, -0.1) is 0 Å². The molecule has 0 spiro atoms. The first-order valence-corrected chi connectivity index (χ1v) is 7.08. The fraction of sp³-hybridized carbons (Fsp3) is 0. The van der Waals surface area contributed by atoms with E-state index in [1.807, 2.05) is 0 Å². The average molecular weight is 384 g/mol. The molecule has 116 valence electrons. The number of benzene rings is 2. The van der Waals surface area contributed by atoms with E-state index in [0.29, 0.717) is 4.47 Å². The van der Waals surface area contributed by atoms with Crippen LogP contribution in [-0.2, 0) is 0 Å². The number of nitrogens with zero attached hydrogens (tertiary/aromatic N) is 2. The molecule has 2 heterocycles. The minimum absolute atomic E-state index is 0.0938. The van der Waals surface area contributed by atoms with E-state index < -0.39 is 28.7 Å². The molecule has 0 unspecified atom stereocenters. The van der Waals surface area contributed by atoms with Gasteiger partial charge in [-0.2, -0.15) is 0 Å². The van der Waals surface area contributed by atoms with Crippen LogP contribution in [-0.4, -0.2) is 14.5 Å². The van der Waals surface area contributed by atoms with Gasteiger partial charge in [0.1, 0.15) is 16.9 Å². The zero-order valence-corrected chi connectivity index (χ0v) is 12.6. The summed E-state index contributed by atoms with van der Waals surface area (Å²) in [5.41, 5.74) is -2.06. The molecule has 0 fully saturated rings. The summed E-state index contributed by atoms with van der Waals surface area (Å²) in [4.78, 5) is 18.1. The number of imidazole rings is 1. The molecule has 0 saturated heterocycles. The van der Waals surface area contributed by atoms with E-state index in [2.05, 4.69) is 25.9 Å². The lowest BCUT2D eigenvalue weighted by molar-refractivity contribution is 0.519. The van der Waals surface area contributed by atoms with Crippen LogP contribution in [0.5, 0.6) is 0 Å². The number of fused-ring (bicyclic) bond motifs is 3. The highest BCUT2D eigenvalue weighted by atomic mass is 79.9. The molecule has 2 aromatic carbocycles.